The normalized spacial score (nSPS) is 13.6. The summed E-state index contributed by atoms with van der Waals surface area (Å²) in [6, 6.07) is 6.79. The zero-order chi connectivity index (χ0) is 13.7. The molecule has 3 heteroatoms. The van der Waals surface area contributed by atoms with E-state index in [0.717, 1.165) is 25.1 Å². The van der Waals surface area contributed by atoms with Gasteiger partial charge in [-0.1, -0.05) is 19.9 Å². The smallest absolute Gasteiger partial charge is 0.224 e. The molecule has 0 bridgehead atoms. The summed E-state index contributed by atoms with van der Waals surface area (Å²) >= 11 is 0. The summed E-state index contributed by atoms with van der Waals surface area (Å²) in [6.07, 6.45) is 5.04. The molecular formula is C16H24N2O. The van der Waals surface area contributed by atoms with Gasteiger partial charge in [0.25, 0.3) is 0 Å². The van der Waals surface area contributed by atoms with Gasteiger partial charge in [-0.15, -0.1) is 0 Å². The Labute approximate surface area is 115 Å². The van der Waals surface area contributed by atoms with Crippen molar-refractivity contribution in [3.05, 3.63) is 29.3 Å². The van der Waals surface area contributed by atoms with Gasteiger partial charge in [0.1, 0.15) is 0 Å². The molecule has 0 saturated heterocycles. The molecule has 0 unspecified atom stereocenters. The van der Waals surface area contributed by atoms with Crippen LogP contribution in [0, 0.1) is 0 Å². The fourth-order valence-electron chi connectivity index (χ4n) is 2.51. The zero-order valence-electron chi connectivity index (χ0n) is 12.0. The highest BCUT2D eigenvalue weighted by atomic mass is 16.1. The standard InChI is InChI=1S/C16H24N2O/c1-12(2)17-10-4-7-16(19)18-15-9-8-13-5-3-6-14(13)11-15/h8-9,11-12,17H,3-7,10H2,1-2H3,(H,18,19). The molecule has 19 heavy (non-hydrogen) atoms. The molecule has 0 atom stereocenters. The van der Waals surface area contributed by atoms with E-state index in [0.29, 0.717) is 12.5 Å². The Morgan fingerprint density at radius 1 is 1.26 bits per heavy atom. The van der Waals surface area contributed by atoms with Gasteiger partial charge in [-0.25, -0.2) is 0 Å². The van der Waals surface area contributed by atoms with Crippen molar-refractivity contribution < 1.29 is 4.79 Å². The molecule has 0 spiro atoms. The molecular weight excluding hydrogens is 236 g/mol. The number of hydrogen-bond donors (Lipinski definition) is 2. The van der Waals surface area contributed by atoms with Crippen molar-refractivity contribution in [2.45, 2.75) is 52.0 Å². The number of hydrogen-bond acceptors (Lipinski definition) is 2. The number of rotatable bonds is 6. The lowest BCUT2D eigenvalue weighted by Gasteiger charge is -2.09. The van der Waals surface area contributed by atoms with Crippen molar-refractivity contribution in [1.29, 1.82) is 0 Å². The molecule has 2 rings (SSSR count). The van der Waals surface area contributed by atoms with E-state index >= 15 is 0 Å². The third kappa shape index (κ3) is 4.35. The van der Waals surface area contributed by atoms with Crippen molar-refractivity contribution >= 4 is 11.6 Å². The van der Waals surface area contributed by atoms with Gasteiger partial charge in [-0.05, 0) is 55.5 Å². The molecule has 2 N–H and O–H groups in total. The topological polar surface area (TPSA) is 41.1 Å². The van der Waals surface area contributed by atoms with E-state index in [-0.39, 0.29) is 5.91 Å². The minimum Gasteiger partial charge on any atom is -0.326 e. The minimum absolute atomic E-state index is 0.114. The number of aryl methyl sites for hydroxylation is 2. The summed E-state index contributed by atoms with van der Waals surface area (Å²) in [6.45, 7) is 5.13. The lowest BCUT2D eigenvalue weighted by molar-refractivity contribution is -0.116. The first-order valence-corrected chi connectivity index (χ1v) is 7.30. The predicted octanol–water partition coefficient (Wildman–Crippen LogP) is 2.89. The van der Waals surface area contributed by atoms with Crippen molar-refractivity contribution in [1.82, 2.24) is 5.32 Å². The number of anilines is 1. The summed E-state index contributed by atoms with van der Waals surface area (Å²) in [4.78, 5) is 11.8. The van der Waals surface area contributed by atoms with Crippen molar-refractivity contribution in [3.63, 3.8) is 0 Å². The van der Waals surface area contributed by atoms with E-state index in [1.807, 2.05) is 6.07 Å². The molecule has 104 valence electrons. The van der Waals surface area contributed by atoms with Crippen LogP contribution in [0.3, 0.4) is 0 Å². The Morgan fingerprint density at radius 2 is 2.05 bits per heavy atom. The summed E-state index contributed by atoms with van der Waals surface area (Å²) in [5.74, 6) is 0.114. The molecule has 1 aromatic carbocycles. The van der Waals surface area contributed by atoms with Gasteiger partial charge in [0.15, 0.2) is 0 Å². The molecule has 0 aliphatic heterocycles. The number of fused-ring (bicyclic) bond motifs is 1. The summed E-state index contributed by atoms with van der Waals surface area (Å²) in [5, 5.41) is 6.31. The van der Waals surface area contributed by atoms with Crippen LogP contribution in [0.5, 0.6) is 0 Å². The molecule has 0 heterocycles. The minimum atomic E-state index is 0.114. The highest BCUT2D eigenvalue weighted by Crippen LogP contribution is 2.24. The Hall–Kier alpha value is -1.35. The number of carbonyl (C=O) groups excluding carboxylic acids is 1. The maximum Gasteiger partial charge on any atom is 0.224 e. The average molecular weight is 260 g/mol. The van der Waals surface area contributed by atoms with E-state index in [2.05, 4.69) is 36.6 Å². The van der Waals surface area contributed by atoms with E-state index in [1.165, 1.54) is 24.0 Å². The quantitative estimate of drug-likeness (QED) is 0.772. The highest BCUT2D eigenvalue weighted by molar-refractivity contribution is 5.90. The zero-order valence-corrected chi connectivity index (χ0v) is 12.0. The lowest BCUT2D eigenvalue weighted by Crippen LogP contribution is -2.24. The van der Waals surface area contributed by atoms with E-state index in [9.17, 15) is 4.79 Å². The summed E-state index contributed by atoms with van der Waals surface area (Å²) in [7, 11) is 0. The number of nitrogens with one attached hydrogen (secondary N) is 2. The average Bonchev–Trinajstić information content (AvgIpc) is 2.82. The molecule has 1 aliphatic carbocycles. The van der Waals surface area contributed by atoms with E-state index in [1.54, 1.807) is 0 Å². The molecule has 1 amide bonds. The second-order valence-electron chi connectivity index (χ2n) is 5.60. The van der Waals surface area contributed by atoms with Crippen LogP contribution in [-0.2, 0) is 17.6 Å². The largest absolute Gasteiger partial charge is 0.326 e. The maximum atomic E-state index is 11.8. The maximum absolute atomic E-state index is 11.8. The monoisotopic (exact) mass is 260 g/mol. The van der Waals surface area contributed by atoms with Crippen LogP contribution in [-0.4, -0.2) is 18.5 Å². The first kappa shape index (κ1) is 14.1. The molecule has 1 aliphatic rings. The van der Waals surface area contributed by atoms with Crippen molar-refractivity contribution in [2.75, 3.05) is 11.9 Å². The fraction of sp³-hybridized carbons (Fsp3) is 0.562. The van der Waals surface area contributed by atoms with Gasteiger partial charge in [0, 0.05) is 18.2 Å². The summed E-state index contributed by atoms with van der Waals surface area (Å²) < 4.78 is 0. The predicted molar refractivity (Wildman–Crippen MR) is 79.5 cm³/mol. The lowest BCUT2D eigenvalue weighted by atomic mass is 10.1. The van der Waals surface area contributed by atoms with Crippen LogP contribution < -0.4 is 10.6 Å². The van der Waals surface area contributed by atoms with Gasteiger partial charge < -0.3 is 10.6 Å². The molecule has 1 aromatic rings. The number of amides is 1. The summed E-state index contributed by atoms with van der Waals surface area (Å²) in [5.41, 5.74) is 3.79. The highest BCUT2D eigenvalue weighted by Gasteiger charge is 2.11. The van der Waals surface area contributed by atoms with E-state index < -0.39 is 0 Å². The first-order chi connectivity index (χ1) is 9.15. The van der Waals surface area contributed by atoms with Crippen molar-refractivity contribution in [2.24, 2.45) is 0 Å². The van der Waals surface area contributed by atoms with Crippen LogP contribution in [0.25, 0.3) is 0 Å². The molecule has 0 fully saturated rings. The van der Waals surface area contributed by atoms with Crippen LogP contribution >= 0.6 is 0 Å². The van der Waals surface area contributed by atoms with E-state index in [4.69, 9.17) is 0 Å². The van der Waals surface area contributed by atoms with Crippen LogP contribution in [0.4, 0.5) is 5.69 Å². The number of benzene rings is 1. The Bertz CT molecular complexity index is 440. The fourth-order valence-corrected chi connectivity index (χ4v) is 2.51. The van der Waals surface area contributed by atoms with Crippen LogP contribution in [0.1, 0.15) is 44.2 Å². The second-order valence-corrected chi connectivity index (χ2v) is 5.60. The van der Waals surface area contributed by atoms with Crippen LogP contribution in [0.15, 0.2) is 18.2 Å². The third-order valence-corrected chi connectivity index (χ3v) is 3.52. The first-order valence-electron chi connectivity index (χ1n) is 7.30. The third-order valence-electron chi connectivity index (χ3n) is 3.52. The van der Waals surface area contributed by atoms with Crippen molar-refractivity contribution in [3.8, 4) is 0 Å². The second kappa shape index (κ2) is 6.71. The van der Waals surface area contributed by atoms with Gasteiger partial charge in [-0.2, -0.15) is 0 Å². The van der Waals surface area contributed by atoms with Gasteiger partial charge in [-0.3, -0.25) is 4.79 Å². The van der Waals surface area contributed by atoms with Gasteiger partial charge in [0.2, 0.25) is 5.91 Å². The molecule has 3 nitrogen and oxygen atoms in total. The Kier molecular flexibility index (Phi) is 4.97. The number of carbonyl (C=O) groups is 1. The Balaban J connectivity index is 1.76. The Morgan fingerprint density at radius 3 is 2.84 bits per heavy atom. The molecule has 0 aromatic heterocycles. The van der Waals surface area contributed by atoms with Gasteiger partial charge in [0.05, 0.1) is 0 Å². The molecule has 0 saturated carbocycles. The molecule has 0 radical (unpaired) electrons. The van der Waals surface area contributed by atoms with Crippen LogP contribution in [0.2, 0.25) is 0 Å². The van der Waals surface area contributed by atoms with Gasteiger partial charge >= 0.3 is 0 Å². The SMILES string of the molecule is CC(C)NCCCC(=O)Nc1ccc2c(c1)CCC2.